The van der Waals surface area contributed by atoms with E-state index in [-0.39, 0.29) is 10.9 Å². The van der Waals surface area contributed by atoms with Crippen molar-refractivity contribution in [3.05, 3.63) is 45.4 Å². The van der Waals surface area contributed by atoms with Crippen LogP contribution in [-0.2, 0) is 0 Å². The molecule has 0 amide bonds. The number of carboxylic acid groups (broad SMARTS) is 1. The summed E-state index contributed by atoms with van der Waals surface area (Å²) in [5.74, 6) is -0.946. The lowest BCUT2D eigenvalue weighted by Crippen LogP contribution is -2.06. The van der Waals surface area contributed by atoms with Crippen LogP contribution in [0.25, 0.3) is 0 Å². The maximum atomic E-state index is 11.0. The number of aryl methyl sites for hydroxylation is 1. The first kappa shape index (κ1) is 13.8. The maximum absolute atomic E-state index is 11.0. The van der Waals surface area contributed by atoms with Gasteiger partial charge in [-0.1, -0.05) is 35.1 Å². The predicted molar refractivity (Wildman–Crippen MR) is 77.3 cm³/mol. The van der Waals surface area contributed by atoms with Crippen molar-refractivity contribution in [1.29, 1.82) is 0 Å². The van der Waals surface area contributed by atoms with Crippen LogP contribution >= 0.6 is 22.9 Å². The van der Waals surface area contributed by atoms with E-state index in [4.69, 9.17) is 16.7 Å². The summed E-state index contributed by atoms with van der Waals surface area (Å²) >= 11 is 7.08. The minimum absolute atomic E-state index is 0.00546. The Morgan fingerprint density at radius 1 is 1.53 bits per heavy atom. The quantitative estimate of drug-likeness (QED) is 0.896. The highest BCUT2D eigenvalue weighted by Crippen LogP contribution is 2.27. The summed E-state index contributed by atoms with van der Waals surface area (Å²) in [7, 11) is 0. The molecule has 1 aromatic carbocycles. The summed E-state index contributed by atoms with van der Waals surface area (Å²) < 4.78 is 0. The zero-order valence-electron chi connectivity index (χ0n) is 10.5. The first-order valence-corrected chi connectivity index (χ1v) is 6.89. The highest BCUT2D eigenvalue weighted by Gasteiger charge is 2.15. The van der Waals surface area contributed by atoms with E-state index in [1.807, 2.05) is 31.2 Å². The summed E-state index contributed by atoms with van der Waals surface area (Å²) in [6, 6.07) is 7.53. The first-order chi connectivity index (χ1) is 8.97. The molecule has 2 aromatic rings. The van der Waals surface area contributed by atoms with Crippen LogP contribution in [0.1, 0.15) is 33.9 Å². The third-order valence-electron chi connectivity index (χ3n) is 2.68. The van der Waals surface area contributed by atoms with Crippen molar-refractivity contribution < 1.29 is 9.90 Å². The van der Waals surface area contributed by atoms with Gasteiger partial charge in [0.2, 0.25) is 0 Å². The van der Waals surface area contributed by atoms with Crippen molar-refractivity contribution in [2.45, 2.75) is 19.9 Å². The molecule has 4 nitrogen and oxygen atoms in total. The Labute approximate surface area is 120 Å². The predicted octanol–water partition coefficient (Wildman–Crippen LogP) is 3.98. The largest absolute Gasteiger partial charge is 0.477 e. The molecular formula is C13H13ClN2O2S. The number of benzene rings is 1. The van der Waals surface area contributed by atoms with Crippen LogP contribution in [-0.4, -0.2) is 16.1 Å². The fourth-order valence-electron chi connectivity index (χ4n) is 1.70. The van der Waals surface area contributed by atoms with E-state index < -0.39 is 5.97 Å². The molecule has 0 saturated heterocycles. The second kappa shape index (κ2) is 5.59. The van der Waals surface area contributed by atoms with E-state index in [2.05, 4.69) is 10.3 Å². The minimum Gasteiger partial charge on any atom is -0.477 e. The van der Waals surface area contributed by atoms with Gasteiger partial charge in [-0.25, -0.2) is 9.78 Å². The molecule has 0 aliphatic carbocycles. The number of hydrogen-bond donors (Lipinski definition) is 2. The Morgan fingerprint density at radius 2 is 2.26 bits per heavy atom. The fourth-order valence-corrected chi connectivity index (χ4v) is 2.79. The molecule has 2 N–H and O–H groups in total. The smallest absolute Gasteiger partial charge is 0.347 e. The van der Waals surface area contributed by atoms with Gasteiger partial charge in [0, 0.05) is 5.02 Å². The molecule has 1 atom stereocenters. The zero-order valence-corrected chi connectivity index (χ0v) is 12.0. The number of rotatable bonds is 4. The van der Waals surface area contributed by atoms with Crippen LogP contribution in [0.3, 0.4) is 0 Å². The Bertz CT molecular complexity index is 612. The van der Waals surface area contributed by atoms with Crippen molar-refractivity contribution in [2.75, 3.05) is 5.32 Å². The molecule has 0 saturated carbocycles. The van der Waals surface area contributed by atoms with E-state index in [9.17, 15) is 4.79 Å². The molecule has 1 aromatic heterocycles. The Morgan fingerprint density at radius 3 is 2.84 bits per heavy atom. The number of carbonyl (C=O) groups is 1. The van der Waals surface area contributed by atoms with Gasteiger partial charge in [0.05, 0.1) is 11.7 Å². The number of anilines is 1. The van der Waals surface area contributed by atoms with Gasteiger partial charge in [-0.15, -0.1) is 0 Å². The maximum Gasteiger partial charge on any atom is 0.347 e. The average molecular weight is 297 g/mol. The second-order valence-electron chi connectivity index (χ2n) is 4.16. The van der Waals surface area contributed by atoms with Gasteiger partial charge < -0.3 is 10.4 Å². The molecule has 0 aliphatic rings. The van der Waals surface area contributed by atoms with Crippen LogP contribution < -0.4 is 5.32 Å². The lowest BCUT2D eigenvalue weighted by atomic mass is 10.1. The average Bonchev–Trinajstić information content (AvgIpc) is 2.70. The van der Waals surface area contributed by atoms with Crippen molar-refractivity contribution >= 4 is 34.0 Å². The second-order valence-corrected chi connectivity index (χ2v) is 5.60. The molecule has 0 spiro atoms. The Kier molecular flexibility index (Phi) is 4.07. The van der Waals surface area contributed by atoms with E-state index in [0.29, 0.717) is 15.8 Å². The number of carboxylic acids is 1. The summed E-state index contributed by atoms with van der Waals surface area (Å²) in [4.78, 5) is 15.4. The lowest BCUT2D eigenvalue weighted by Gasteiger charge is -2.13. The van der Waals surface area contributed by atoms with Crippen molar-refractivity contribution in [3.8, 4) is 0 Å². The molecule has 19 heavy (non-hydrogen) atoms. The number of halogens is 1. The summed E-state index contributed by atoms with van der Waals surface area (Å²) in [6.07, 6.45) is 0. The third-order valence-corrected chi connectivity index (χ3v) is 3.99. The molecule has 1 heterocycles. The lowest BCUT2D eigenvalue weighted by molar-refractivity contribution is 0.0701. The van der Waals surface area contributed by atoms with Crippen LogP contribution in [0.2, 0.25) is 5.02 Å². The molecule has 1 unspecified atom stereocenters. The highest BCUT2D eigenvalue weighted by atomic mass is 35.5. The monoisotopic (exact) mass is 296 g/mol. The number of nitrogens with one attached hydrogen (secondary N) is 1. The van der Waals surface area contributed by atoms with Gasteiger partial charge in [-0.05, 0) is 31.5 Å². The molecule has 0 aliphatic heterocycles. The molecule has 100 valence electrons. The topological polar surface area (TPSA) is 62.2 Å². The van der Waals surface area contributed by atoms with Crippen LogP contribution in [0, 0.1) is 6.92 Å². The summed E-state index contributed by atoms with van der Waals surface area (Å²) in [6.45, 7) is 3.66. The van der Waals surface area contributed by atoms with Gasteiger partial charge >= 0.3 is 5.97 Å². The summed E-state index contributed by atoms with van der Waals surface area (Å²) in [5, 5.41) is 13.5. The number of aromatic nitrogens is 1. The Hall–Kier alpha value is -1.59. The number of thiazole rings is 1. The zero-order chi connectivity index (χ0) is 14.0. The minimum atomic E-state index is -0.946. The molecule has 6 heteroatoms. The number of aromatic carboxylic acids is 1. The first-order valence-electron chi connectivity index (χ1n) is 5.70. The third kappa shape index (κ3) is 3.24. The van der Waals surface area contributed by atoms with E-state index >= 15 is 0 Å². The van der Waals surface area contributed by atoms with Crippen molar-refractivity contribution in [2.24, 2.45) is 0 Å². The molecule has 0 radical (unpaired) electrons. The van der Waals surface area contributed by atoms with Crippen LogP contribution in [0.4, 0.5) is 5.13 Å². The number of nitrogens with zero attached hydrogens (tertiary/aromatic N) is 1. The van der Waals surface area contributed by atoms with E-state index in [1.54, 1.807) is 6.92 Å². The Balaban J connectivity index is 2.17. The van der Waals surface area contributed by atoms with Gasteiger partial charge in [0.1, 0.15) is 4.88 Å². The summed E-state index contributed by atoms with van der Waals surface area (Å²) in [5.41, 5.74) is 1.55. The standard InChI is InChI=1S/C13H13ClN2O2S/c1-7(9-4-3-5-10(14)6-9)15-13-16-8(2)11(19-13)12(17)18/h3-7H,1-2H3,(H,15,16)(H,17,18). The van der Waals surface area contributed by atoms with Crippen LogP contribution in [0.15, 0.2) is 24.3 Å². The molecular weight excluding hydrogens is 284 g/mol. The molecule has 2 rings (SSSR count). The van der Waals surface area contributed by atoms with E-state index in [0.717, 1.165) is 16.9 Å². The number of hydrogen-bond acceptors (Lipinski definition) is 4. The van der Waals surface area contributed by atoms with Gasteiger partial charge in [0.15, 0.2) is 5.13 Å². The SMILES string of the molecule is Cc1nc(NC(C)c2cccc(Cl)c2)sc1C(=O)O. The van der Waals surface area contributed by atoms with Gasteiger partial charge in [-0.3, -0.25) is 0 Å². The van der Waals surface area contributed by atoms with Gasteiger partial charge in [-0.2, -0.15) is 0 Å². The van der Waals surface area contributed by atoms with Crippen molar-refractivity contribution in [3.63, 3.8) is 0 Å². The fraction of sp³-hybridized carbons (Fsp3) is 0.231. The van der Waals surface area contributed by atoms with Crippen LogP contribution in [0.5, 0.6) is 0 Å². The normalized spacial score (nSPS) is 12.2. The highest BCUT2D eigenvalue weighted by molar-refractivity contribution is 7.17. The van der Waals surface area contributed by atoms with Crippen molar-refractivity contribution in [1.82, 2.24) is 4.98 Å². The van der Waals surface area contributed by atoms with E-state index in [1.165, 1.54) is 0 Å². The molecule has 0 fully saturated rings. The molecule has 0 bridgehead atoms. The van der Waals surface area contributed by atoms with Gasteiger partial charge in [0.25, 0.3) is 0 Å².